The van der Waals surface area contributed by atoms with Crippen LogP contribution in [0.25, 0.3) is 10.4 Å². The van der Waals surface area contributed by atoms with Crippen LogP contribution in [0.1, 0.15) is 0 Å². The van der Waals surface area contributed by atoms with Crippen molar-refractivity contribution in [1.82, 2.24) is 4.90 Å². The monoisotopic (exact) mass is 376 g/mol. The zero-order valence-corrected chi connectivity index (χ0v) is 15.6. The number of azide groups is 1. The number of hydrogen-bond acceptors (Lipinski definition) is 8. The Morgan fingerprint density at radius 2 is 1.19 bits per heavy atom. The normalized spacial score (nSPS) is 15.1. The second-order valence-corrected chi connectivity index (χ2v) is 5.47. The van der Waals surface area contributed by atoms with Crippen LogP contribution >= 0.6 is 0 Å². The van der Waals surface area contributed by atoms with E-state index in [9.17, 15) is 0 Å². The first-order chi connectivity index (χ1) is 12.9. The highest BCUT2D eigenvalue weighted by Crippen LogP contribution is 1.95. The topological polar surface area (TPSA) is 107 Å². The lowest BCUT2D eigenvalue weighted by Gasteiger charge is -2.26. The van der Waals surface area contributed by atoms with Crippen molar-refractivity contribution >= 4 is 0 Å². The van der Waals surface area contributed by atoms with Gasteiger partial charge >= 0.3 is 0 Å². The molecule has 0 saturated carbocycles. The summed E-state index contributed by atoms with van der Waals surface area (Å²) in [7, 11) is 0. The molecule has 1 aliphatic heterocycles. The van der Waals surface area contributed by atoms with Gasteiger partial charge in [-0.05, 0) is 5.53 Å². The van der Waals surface area contributed by atoms with Gasteiger partial charge in [0.25, 0.3) is 0 Å². The van der Waals surface area contributed by atoms with Crippen LogP contribution in [0.3, 0.4) is 0 Å². The first-order valence-corrected chi connectivity index (χ1v) is 9.13. The van der Waals surface area contributed by atoms with E-state index in [1.807, 2.05) is 0 Å². The van der Waals surface area contributed by atoms with E-state index in [1.165, 1.54) is 0 Å². The van der Waals surface area contributed by atoms with Crippen molar-refractivity contribution in [2.75, 3.05) is 105 Å². The van der Waals surface area contributed by atoms with Gasteiger partial charge in [0.2, 0.25) is 0 Å². The highest BCUT2D eigenvalue weighted by atomic mass is 16.6. The molecular weight excluding hydrogens is 344 g/mol. The van der Waals surface area contributed by atoms with Crippen LogP contribution in [-0.2, 0) is 28.4 Å². The largest absolute Gasteiger partial charge is 0.379 e. The molecule has 10 nitrogen and oxygen atoms in total. The van der Waals surface area contributed by atoms with Gasteiger partial charge in [0.1, 0.15) is 0 Å². The third-order valence-corrected chi connectivity index (χ3v) is 3.54. The molecule has 1 heterocycles. The third kappa shape index (κ3) is 15.3. The van der Waals surface area contributed by atoms with E-state index in [2.05, 4.69) is 14.9 Å². The van der Waals surface area contributed by atoms with E-state index in [4.69, 9.17) is 34.0 Å². The molecule has 0 aromatic carbocycles. The van der Waals surface area contributed by atoms with Gasteiger partial charge in [0.15, 0.2) is 0 Å². The summed E-state index contributed by atoms with van der Waals surface area (Å²) in [6.45, 7) is 10.4. The lowest BCUT2D eigenvalue weighted by atomic mass is 10.4. The average Bonchev–Trinajstić information content (AvgIpc) is 2.68. The molecule has 0 aromatic rings. The van der Waals surface area contributed by atoms with Gasteiger partial charge in [0.05, 0.1) is 79.3 Å². The van der Waals surface area contributed by atoms with E-state index >= 15 is 0 Å². The molecule has 0 N–H and O–H groups in total. The molecular formula is C16H32N4O6. The van der Waals surface area contributed by atoms with Gasteiger partial charge < -0.3 is 28.4 Å². The predicted molar refractivity (Wildman–Crippen MR) is 95.4 cm³/mol. The molecule has 0 atom stereocenters. The van der Waals surface area contributed by atoms with Crippen LogP contribution in [0.15, 0.2) is 5.11 Å². The van der Waals surface area contributed by atoms with Crippen molar-refractivity contribution in [3.05, 3.63) is 10.4 Å². The van der Waals surface area contributed by atoms with Gasteiger partial charge in [-0.3, -0.25) is 4.90 Å². The van der Waals surface area contributed by atoms with Crippen molar-refractivity contribution in [1.29, 1.82) is 0 Å². The van der Waals surface area contributed by atoms with E-state index < -0.39 is 0 Å². The molecule has 0 bridgehead atoms. The van der Waals surface area contributed by atoms with Crippen molar-refractivity contribution in [2.45, 2.75) is 0 Å². The maximum Gasteiger partial charge on any atom is 0.0701 e. The Hall–Kier alpha value is -0.970. The zero-order chi connectivity index (χ0) is 18.5. The fourth-order valence-corrected chi connectivity index (χ4v) is 2.15. The molecule has 0 unspecified atom stereocenters. The molecule has 1 aliphatic rings. The minimum atomic E-state index is 0.346. The summed E-state index contributed by atoms with van der Waals surface area (Å²) < 4.78 is 32.2. The lowest BCUT2D eigenvalue weighted by Crippen LogP contribution is -2.38. The minimum absolute atomic E-state index is 0.346. The zero-order valence-electron chi connectivity index (χ0n) is 15.6. The second kappa shape index (κ2) is 18.8. The van der Waals surface area contributed by atoms with Crippen molar-refractivity contribution in [3.63, 3.8) is 0 Å². The summed E-state index contributed by atoms with van der Waals surface area (Å²) in [5.74, 6) is 0. The van der Waals surface area contributed by atoms with Gasteiger partial charge in [-0.25, -0.2) is 0 Å². The van der Waals surface area contributed by atoms with Crippen LogP contribution in [0.4, 0.5) is 0 Å². The first kappa shape index (κ1) is 23.1. The van der Waals surface area contributed by atoms with E-state index in [0.717, 1.165) is 39.5 Å². The number of ether oxygens (including phenoxy) is 6. The highest BCUT2D eigenvalue weighted by Gasteiger charge is 2.08. The maximum atomic E-state index is 8.08. The van der Waals surface area contributed by atoms with E-state index in [-0.39, 0.29) is 0 Å². The summed E-state index contributed by atoms with van der Waals surface area (Å²) in [6.07, 6.45) is 0. The molecule has 1 fully saturated rings. The maximum absolute atomic E-state index is 8.08. The number of nitrogens with zero attached hydrogens (tertiary/aromatic N) is 4. The average molecular weight is 376 g/mol. The summed E-state index contributed by atoms with van der Waals surface area (Å²) >= 11 is 0. The Labute approximate surface area is 155 Å². The Kier molecular flexibility index (Phi) is 16.7. The quantitative estimate of drug-likeness (QED) is 0.150. The number of morpholine rings is 1. The Morgan fingerprint density at radius 3 is 1.69 bits per heavy atom. The molecule has 26 heavy (non-hydrogen) atoms. The van der Waals surface area contributed by atoms with Gasteiger partial charge in [0, 0.05) is 31.1 Å². The molecule has 0 amide bonds. The minimum Gasteiger partial charge on any atom is -0.379 e. The lowest BCUT2D eigenvalue weighted by molar-refractivity contribution is -0.0154. The van der Waals surface area contributed by atoms with Crippen LogP contribution < -0.4 is 0 Å². The summed E-state index contributed by atoms with van der Waals surface area (Å²) in [6, 6.07) is 0. The fourth-order valence-electron chi connectivity index (χ4n) is 2.15. The van der Waals surface area contributed by atoms with E-state index in [1.54, 1.807) is 0 Å². The van der Waals surface area contributed by atoms with Crippen molar-refractivity contribution in [3.8, 4) is 0 Å². The van der Waals surface area contributed by atoms with Crippen molar-refractivity contribution in [2.24, 2.45) is 5.11 Å². The standard InChI is InChI=1S/C16H32N4O6/c17-19-18-1-5-21-9-11-24-13-15-26-16-14-25-12-10-23-8-4-20-2-6-22-7-3-20/h1-16H2. The van der Waals surface area contributed by atoms with Crippen LogP contribution in [0.2, 0.25) is 0 Å². The fraction of sp³-hybridized carbons (Fsp3) is 1.00. The molecule has 1 saturated heterocycles. The van der Waals surface area contributed by atoms with Gasteiger partial charge in [-0.1, -0.05) is 5.11 Å². The van der Waals surface area contributed by atoms with Crippen LogP contribution in [0.5, 0.6) is 0 Å². The molecule has 10 heteroatoms. The summed E-state index contributed by atoms with van der Waals surface area (Å²) in [4.78, 5) is 4.98. The third-order valence-electron chi connectivity index (χ3n) is 3.54. The predicted octanol–water partition coefficient (Wildman–Crippen LogP) is 0.712. The van der Waals surface area contributed by atoms with Crippen molar-refractivity contribution < 1.29 is 28.4 Å². The number of hydrogen-bond donors (Lipinski definition) is 0. The second-order valence-electron chi connectivity index (χ2n) is 5.47. The molecule has 0 spiro atoms. The molecule has 0 radical (unpaired) electrons. The molecule has 152 valence electrons. The first-order valence-electron chi connectivity index (χ1n) is 9.13. The molecule has 0 aliphatic carbocycles. The van der Waals surface area contributed by atoms with Crippen LogP contribution in [0, 0.1) is 0 Å². The number of rotatable bonds is 18. The molecule has 1 rings (SSSR count). The SMILES string of the molecule is [N-]=[N+]=NCCOCCOCCOCCOCCOCCN1CCOCC1. The Morgan fingerprint density at radius 1 is 0.731 bits per heavy atom. The van der Waals surface area contributed by atoms with Gasteiger partial charge in [-0.15, -0.1) is 0 Å². The van der Waals surface area contributed by atoms with Gasteiger partial charge in [-0.2, -0.15) is 0 Å². The van der Waals surface area contributed by atoms with Crippen LogP contribution in [-0.4, -0.2) is 110 Å². The molecule has 0 aromatic heterocycles. The van der Waals surface area contributed by atoms with E-state index in [0.29, 0.717) is 66.0 Å². The Balaban J connectivity index is 1.66. The summed E-state index contributed by atoms with van der Waals surface area (Å²) in [5, 5.41) is 3.36. The summed E-state index contributed by atoms with van der Waals surface area (Å²) in [5.41, 5.74) is 8.08. The highest BCUT2D eigenvalue weighted by molar-refractivity contribution is 4.60. The Bertz CT molecular complexity index is 352. The smallest absolute Gasteiger partial charge is 0.0701 e.